The molecule has 0 bridgehead atoms. The number of ether oxygens (including phenoxy) is 1. The van der Waals surface area contributed by atoms with E-state index in [4.69, 9.17) is 10.5 Å². The highest BCUT2D eigenvalue weighted by molar-refractivity contribution is 9.10. The molecule has 0 spiro atoms. The Kier molecular flexibility index (Phi) is 2.08. The molecule has 0 unspecified atom stereocenters. The Bertz CT molecular complexity index is 334. The molecule has 1 heterocycles. The quantitative estimate of drug-likeness (QED) is 0.767. The summed E-state index contributed by atoms with van der Waals surface area (Å²) in [4.78, 5) is 0. The van der Waals surface area contributed by atoms with Gasteiger partial charge >= 0.3 is 0 Å². The summed E-state index contributed by atoms with van der Waals surface area (Å²) in [7, 11) is 0. The molecule has 1 aliphatic heterocycles. The zero-order chi connectivity index (χ0) is 9.47. The van der Waals surface area contributed by atoms with Crippen LogP contribution >= 0.6 is 15.9 Å². The SMILES string of the molecule is CC1(c2ccc(N)cc2Br)COC1. The van der Waals surface area contributed by atoms with Gasteiger partial charge in [0.15, 0.2) is 0 Å². The number of hydrogen-bond donors (Lipinski definition) is 1. The minimum Gasteiger partial charge on any atom is -0.399 e. The summed E-state index contributed by atoms with van der Waals surface area (Å²) in [5.41, 5.74) is 7.92. The van der Waals surface area contributed by atoms with Crippen molar-refractivity contribution in [2.24, 2.45) is 0 Å². The second-order valence-electron chi connectivity index (χ2n) is 3.79. The first-order valence-corrected chi connectivity index (χ1v) is 5.04. The van der Waals surface area contributed by atoms with Gasteiger partial charge in [0.2, 0.25) is 0 Å². The molecule has 1 aromatic carbocycles. The summed E-state index contributed by atoms with van der Waals surface area (Å²) in [5.74, 6) is 0. The monoisotopic (exact) mass is 241 g/mol. The van der Waals surface area contributed by atoms with Crippen molar-refractivity contribution in [1.29, 1.82) is 0 Å². The molecular weight excluding hydrogens is 230 g/mol. The fourth-order valence-corrected chi connectivity index (χ4v) is 2.46. The van der Waals surface area contributed by atoms with Crippen LogP contribution in [0, 0.1) is 0 Å². The van der Waals surface area contributed by atoms with Crippen molar-refractivity contribution in [3.05, 3.63) is 28.2 Å². The number of benzene rings is 1. The molecule has 1 aliphatic rings. The number of rotatable bonds is 1. The van der Waals surface area contributed by atoms with Gasteiger partial charge in [-0.1, -0.05) is 28.9 Å². The smallest absolute Gasteiger partial charge is 0.0583 e. The second kappa shape index (κ2) is 3.00. The van der Waals surface area contributed by atoms with Gasteiger partial charge in [-0.15, -0.1) is 0 Å². The van der Waals surface area contributed by atoms with Crippen molar-refractivity contribution < 1.29 is 4.74 Å². The van der Waals surface area contributed by atoms with E-state index in [0.29, 0.717) is 0 Å². The molecule has 13 heavy (non-hydrogen) atoms. The fraction of sp³-hybridized carbons (Fsp3) is 0.400. The highest BCUT2D eigenvalue weighted by atomic mass is 79.9. The van der Waals surface area contributed by atoms with Gasteiger partial charge in [-0.2, -0.15) is 0 Å². The third-order valence-electron chi connectivity index (χ3n) is 2.48. The van der Waals surface area contributed by atoms with Crippen LogP contribution in [-0.2, 0) is 10.2 Å². The van der Waals surface area contributed by atoms with Crippen molar-refractivity contribution >= 4 is 21.6 Å². The van der Waals surface area contributed by atoms with Crippen molar-refractivity contribution in [1.82, 2.24) is 0 Å². The Hall–Kier alpha value is -0.540. The Labute approximate surface area is 86.2 Å². The molecule has 1 fully saturated rings. The molecule has 0 amide bonds. The average Bonchev–Trinajstić information content (AvgIpc) is 2.00. The standard InChI is InChI=1S/C10H12BrNO/c1-10(5-13-6-10)8-3-2-7(12)4-9(8)11/h2-4H,5-6,12H2,1H3. The molecule has 3 heteroatoms. The van der Waals surface area contributed by atoms with E-state index in [1.165, 1.54) is 5.56 Å². The van der Waals surface area contributed by atoms with E-state index in [1.54, 1.807) is 0 Å². The maximum atomic E-state index is 5.67. The molecular formula is C10H12BrNO. The van der Waals surface area contributed by atoms with Crippen LogP contribution in [0.2, 0.25) is 0 Å². The van der Waals surface area contributed by atoms with Crippen LogP contribution in [0.5, 0.6) is 0 Å². The molecule has 0 aliphatic carbocycles. The van der Waals surface area contributed by atoms with Crippen LogP contribution < -0.4 is 5.73 Å². The zero-order valence-corrected chi connectivity index (χ0v) is 9.10. The van der Waals surface area contributed by atoms with E-state index in [-0.39, 0.29) is 5.41 Å². The Morgan fingerprint density at radius 2 is 2.15 bits per heavy atom. The highest BCUT2D eigenvalue weighted by Gasteiger charge is 2.36. The average molecular weight is 242 g/mol. The molecule has 2 nitrogen and oxygen atoms in total. The predicted molar refractivity (Wildman–Crippen MR) is 56.7 cm³/mol. The first kappa shape index (κ1) is 9.03. The van der Waals surface area contributed by atoms with E-state index >= 15 is 0 Å². The molecule has 1 saturated heterocycles. The molecule has 70 valence electrons. The van der Waals surface area contributed by atoms with Gasteiger partial charge in [-0.25, -0.2) is 0 Å². The third kappa shape index (κ3) is 1.46. The largest absolute Gasteiger partial charge is 0.399 e. The first-order valence-electron chi connectivity index (χ1n) is 4.25. The Morgan fingerprint density at radius 3 is 2.62 bits per heavy atom. The summed E-state index contributed by atoms with van der Waals surface area (Å²) < 4.78 is 6.31. The van der Waals surface area contributed by atoms with E-state index < -0.39 is 0 Å². The lowest BCUT2D eigenvalue weighted by molar-refractivity contribution is -0.0503. The van der Waals surface area contributed by atoms with Crippen LogP contribution in [0.15, 0.2) is 22.7 Å². The lowest BCUT2D eigenvalue weighted by Gasteiger charge is -2.39. The summed E-state index contributed by atoms with van der Waals surface area (Å²) >= 11 is 3.52. The minimum atomic E-state index is 0.173. The normalized spacial score (nSPS) is 19.5. The third-order valence-corrected chi connectivity index (χ3v) is 3.14. The van der Waals surface area contributed by atoms with Gasteiger partial charge in [-0.3, -0.25) is 0 Å². The molecule has 0 atom stereocenters. The number of anilines is 1. The number of halogens is 1. The van der Waals surface area contributed by atoms with E-state index in [0.717, 1.165) is 23.4 Å². The van der Waals surface area contributed by atoms with Gasteiger partial charge in [-0.05, 0) is 17.7 Å². The van der Waals surface area contributed by atoms with Gasteiger partial charge < -0.3 is 10.5 Å². The predicted octanol–water partition coefficient (Wildman–Crippen LogP) is 2.32. The van der Waals surface area contributed by atoms with Crippen molar-refractivity contribution in [3.8, 4) is 0 Å². The van der Waals surface area contributed by atoms with E-state index in [9.17, 15) is 0 Å². The van der Waals surface area contributed by atoms with Crippen molar-refractivity contribution in [2.45, 2.75) is 12.3 Å². The summed E-state index contributed by atoms with van der Waals surface area (Å²) in [6.45, 7) is 3.80. The van der Waals surface area contributed by atoms with Crippen LogP contribution in [0.25, 0.3) is 0 Å². The maximum Gasteiger partial charge on any atom is 0.0583 e. The summed E-state index contributed by atoms with van der Waals surface area (Å²) in [6.07, 6.45) is 0. The van der Waals surface area contributed by atoms with Crippen molar-refractivity contribution in [2.75, 3.05) is 18.9 Å². The Morgan fingerprint density at radius 1 is 1.46 bits per heavy atom. The number of nitrogens with two attached hydrogens (primary N) is 1. The fourth-order valence-electron chi connectivity index (χ4n) is 1.58. The zero-order valence-electron chi connectivity index (χ0n) is 7.51. The number of hydrogen-bond acceptors (Lipinski definition) is 2. The Balaban J connectivity index is 2.40. The van der Waals surface area contributed by atoms with Gasteiger partial charge in [0.1, 0.15) is 0 Å². The molecule has 2 rings (SSSR count). The van der Waals surface area contributed by atoms with Crippen LogP contribution in [0.4, 0.5) is 5.69 Å². The summed E-state index contributed by atoms with van der Waals surface area (Å²) in [5, 5.41) is 0. The van der Waals surface area contributed by atoms with Crippen molar-refractivity contribution in [3.63, 3.8) is 0 Å². The van der Waals surface area contributed by atoms with Gasteiger partial charge in [0, 0.05) is 15.6 Å². The first-order chi connectivity index (χ1) is 6.12. The van der Waals surface area contributed by atoms with E-state index in [2.05, 4.69) is 28.9 Å². The second-order valence-corrected chi connectivity index (χ2v) is 4.65. The number of nitrogen functional groups attached to an aromatic ring is 1. The molecule has 0 radical (unpaired) electrons. The lowest BCUT2D eigenvalue weighted by atomic mass is 9.81. The van der Waals surface area contributed by atoms with Crippen LogP contribution in [-0.4, -0.2) is 13.2 Å². The van der Waals surface area contributed by atoms with Crippen LogP contribution in [0.3, 0.4) is 0 Å². The molecule has 1 aromatic rings. The lowest BCUT2D eigenvalue weighted by Crippen LogP contribution is -2.44. The summed E-state index contributed by atoms with van der Waals surface area (Å²) in [6, 6.07) is 5.95. The highest BCUT2D eigenvalue weighted by Crippen LogP contribution is 2.36. The molecule has 0 aromatic heterocycles. The molecule has 2 N–H and O–H groups in total. The van der Waals surface area contributed by atoms with E-state index in [1.807, 2.05) is 12.1 Å². The van der Waals surface area contributed by atoms with Gasteiger partial charge in [0.25, 0.3) is 0 Å². The van der Waals surface area contributed by atoms with Crippen LogP contribution in [0.1, 0.15) is 12.5 Å². The minimum absolute atomic E-state index is 0.173. The molecule has 0 saturated carbocycles. The maximum absolute atomic E-state index is 5.67. The van der Waals surface area contributed by atoms with Gasteiger partial charge in [0.05, 0.1) is 13.2 Å². The topological polar surface area (TPSA) is 35.2 Å².